The van der Waals surface area contributed by atoms with E-state index in [1.165, 1.54) is 32.7 Å². The molecule has 25 heavy (non-hydrogen) atoms. The van der Waals surface area contributed by atoms with Crippen LogP contribution >= 0.6 is 11.3 Å². The average molecular weight is 359 g/mol. The minimum Gasteiger partial charge on any atom is -0.493 e. The normalized spacial score (nSPS) is 10.6. The number of ketones is 1. The largest absolute Gasteiger partial charge is 0.493 e. The van der Waals surface area contributed by atoms with Gasteiger partial charge in [0.2, 0.25) is 17.5 Å². The molecule has 0 bridgehead atoms. The highest BCUT2D eigenvalue weighted by atomic mass is 32.1. The highest BCUT2D eigenvalue weighted by molar-refractivity contribution is 7.17. The number of hydrogen-bond acceptors (Lipinski definition) is 8. The van der Waals surface area contributed by atoms with Gasteiger partial charge in [-0.15, -0.1) is 11.3 Å². The molecule has 0 radical (unpaired) electrons. The van der Waals surface area contributed by atoms with E-state index in [0.29, 0.717) is 34.5 Å². The van der Waals surface area contributed by atoms with E-state index in [0.717, 1.165) is 10.2 Å². The molecule has 8 heteroatoms. The second-order valence-corrected chi connectivity index (χ2v) is 5.94. The van der Waals surface area contributed by atoms with Crippen molar-refractivity contribution in [3.8, 4) is 17.2 Å². The second kappa shape index (κ2) is 6.94. The van der Waals surface area contributed by atoms with Crippen molar-refractivity contribution in [1.29, 1.82) is 0 Å². The lowest BCUT2D eigenvalue weighted by Gasteiger charge is -2.13. The highest BCUT2D eigenvalue weighted by Crippen LogP contribution is 2.39. The third-order valence-electron chi connectivity index (χ3n) is 3.67. The molecule has 0 amide bonds. The van der Waals surface area contributed by atoms with Gasteiger partial charge in [-0.1, -0.05) is 0 Å². The molecular formula is C17H17N3O4S. The standard InChI is InChI=1S/C17H17N3O4S/c1-18-17-19-10-5-6-25-16(10)13(20-17)14(21)9-7-11(22-2)15(24-4)12(8-9)23-3/h5-8H,1-4H3,(H,18,19,20). The monoisotopic (exact) mass is 359 g/mol. The molecule has 1 aromatic carbocycles. The average Bonchev–Trinajstić information content (AvgIpc) is 3.13. The van der Waals surface area contributed by atoms with E-state index in [9.17, 15) is 4.79 Å². The van der Waals surface area contributed by atoms with Crippen LogP contribution in [0.2, 0.25) is 0 Å². The zero-order valence-corrected chi connectivity index (χ0v) is 15.1. The van der Waals surface area contributed by atoms with E-state index >= 15 is 0 Å². The zero-order chi connectivity index (χ0) is 18.0. The van der Waals surface area contributed by atoms with Gasteiger partial charge in [-0.3, -0.25) is 4.79 Å². The Labute approximate surface area is 148 Å². The summed E-state index contributed by atoms with van der Waals surface area (Å²) in [5.41, 5.74) is 1.45. The van der Waals surface area contributed by atoms with Crippen molar-refractivity contribution in [2.75, 3.05) is 33.7 Å². The van der Waals surface area contributed by atoms with Crippen molar-refractivity contribution in [2.24, 2.45) is 0 Å². The SMILES string of the molecule is CNc1nc(C(=O)c2cc(OC)c(OC)c(OC)c2)c2sccc2n1. The van der Waals surface area contributed by atoms with E-state index in [1.54, 1.807) is 19.2 Å². The Balaban J connectivity index is 2.17. The Morgan fingerprint density at radius 3 is 2.32 bits per heavy atom. The number of ether oxygens (including phenoxy) is 3. The molecule has 3 aromatic rings. The number of carbonyl (C=O) groups excluding carboxylic acids is 1. The minimum absolute atomic E-state index is 0.245. The van der Waals surface area contributed by atoms with Crippen LogP contribution in [0.3, 0.4) is 0 Å². The van der Waals surface area contributed by atoms with Gasteiger partial charge in [0, 0.05) is 12.6 Å². The third kappa shape index (κ3) is 2.96. The predicted molar refractivity (Wildman–Crippen MR) is 96.5 cm³/mol. The van der Waals surface area contributed by atoms with Crippen LogP contribution in [-0.2, 0) is 0 Å². The summed E-state index contributed by atoms with van der Waals surface area (Å²) in [6, 6.07) is 5.09. The summed E-state index contributed by atoms with van der Waals surface area (Å²) in [4.78, 5) is 21.8. The summed E-state index contributed by atoms with van der Waals surface area (Å²) >= 11 is 1.42. The molecule has 0 saturated heterocycles. The minimum atomic E-state index is -0.245. The molecule has 2 aromatic heterocycles. The molecule has 0 aliphatic heterocycles. The van der Waals surface area contributed by atoms with Gasteiger partial charge < -0.3 is 19.5 Å². The molecule has 130 valence electrons. The van der Waals surface area contributed by atoms with E-state index in [1.807, 2.05) is 11.4 Å². The quantitative estimate of drug-likeness (QED) is 0.678. The van der Waals surface area contributed by atoms with E-state index in [-0.39, 0.29) is 5.78 Å². The maximum atomic E-state index is 13.1. The number of aromatic nitrogens is 2. The molecule has 2 heterocycles. The van der Waals surface area contributed by atoms with Crippen LogP contribution in [0.5, 0.6) is 17.2 Å². The molecule has 3 rings (SSSR count). The first kappa shape index (κ1) is 17.0. The third-order valence-corrected chi connectivity index (χ3v) is 4.58. The first-order chi connectivity index (χ1) is 12.1. The van der Waals surface area contributed by atoms with Crippen LogP contribution in [-0.4, -0.2) is 44.1 Å². The van der Waals surface area contributed by atoms with Gasteiger partial charge in [-0.05, 0) is 23.6 Å². The summed E-state index contributed by atoms with van der Waals surface area (Å²) in [5, 5.41) is 4.76. The molecule has 0 saturated carbocycles. The molecule has 0 atom stereocenters. The van der Waals surface area contributed by atoms with Crippen LogP contribution in [0.4, 0.5) is 5.95 Å². The van der Waals surface area contributed by atoms with Crippen molar-refractivity contribution in [2.45, 2.75) is 0 Å². The highest BCUT2D eigenvalue weighted by Gasteiger charge is 2.22. The number of anilines is 1. The first-order valence-corrected chi connectivity index (χ1v) is 8.28. The van der Waals surface area contributed by atoms with E-state index < -0.39 is 0 Å². The summed E-state index contributed by atoms with van der Waals surface area (Å²) in [6.07, 6.45) is 0. The van der Waals surface area contributed by atoms with Crippen molar-refractivity contribution in [1.82, 2.24) is 9.97 Å². The van der Waals surface area contributed by atoms with Crippen molar-refractivity contribution >= 4 is 33.3 Å². The number of nitrogens with one attached hydrogen (secondary N) is 1. The topological polar surface area (TPSA) is 82.6 Å². The van der Waals surface area contributed by atoms with Crippen molar-refractivity contribution < 1.29 is 19.0 Å². The van der Waals surface area contributed by atoms with Crippen LogP contribution in [0.15, 0.2) is 23.6 Å². The van der Waals surface area contributed by atoms with Gasteiger partial charge in [0.1, 0.15) is 5.69 Å². The number of hydrogen-bond donors (Lipinski definition) is 1. The maximum absolute atomic E-state index is 13.1. The van der Waals surface area contributed by atoms with Gasteiger partial charge in [-0.2, -0.15) is 0 Å². The summed E-state index contributed by atoms with van der Waals surface area (Å²) in [5.74, 6) is 1.40. The van der Waals surface area contributed by atoms with Crippen LogP contribution < -0.4 is 19.5 Å². The first-order valence-electron chi connectivity index (χ1n) is 7.40. The number of benzene rings is 1. The number of nitrogens with zero attached hydrogens (tertiary/aromatic N) is 2. The second-order valence-electron chi connectivity index (χ2n) is 5.02. The van der Waals surface area contributed by atoms with E-state index in [4.69, 9.17) is 14.2 Å². The van der Waals surface area contributed by atoms with Crippen molar-refractivity contribution in [3.63, 3.8) is 0 Å². The summed E-state index contributed by atoms with van der Waals surface area (Å²) < 4.78 is 16.7. The Morgan fingerprint density at radius 1 is 1.08 bits per heavy atom. The van der Waals surface area contributed by atoms with Crippen molar-refractivity contribution in [3.05, 3.63) is 34.8 Å². The molecule has 0 spiro atoms. The van der Waals surface area contributed by atoms with Gasteiger partial charge in [0.15, 0.2) is 11.5 Å². The van der Waals surface area contributed by atoms with Gasteiger partial charge >= 0.3 is 0 Å². The lowest BCUT2D eigenvalue weighted by atomic mass is 10.1. The van der Waals surface area contributed by atoms with E-state index in [2.05, 4.69) is 15.3 Å². The number of carbonyl (C=O) groups is 1. The zero-order valence-electron chi connectivity index (χ0n) is 14.2. The fourth-order valence-corrected chi connectivity index (χ4v) is 3.30. The molecule has 0 aliphatic rings. The lowest BCUT2D eigenvalue weighted by Crippen LogP contribution is -2.09. The van der Waals surface area contributed by atoms with Gasteiger partial charge in [0.05, 0.1) is 31.5 Å². The van der Waals surface area contributed by atoms with Gasteiger partial charge in [-0.25, -0.2) is 9.97 Å². The number of rotatable bonds is 6. The Hall–Kier alpha value is -2.87. The molecule has 0 fully saturated rings. The lowest BCUT2D eigenvalue weighted by molar-refractivity contribution is 0.103. The summed E-state index contributed by atoms with van der Waals surface area (Å²) in [7, 11) is 6.24. The Kier molecular flexibility index (Phi) is 4.71. The van der Waals surface area contributed by atoms with Crippen LogP contribution in [0.25, 0.3) is 10.2 Å². The molecule has 0 unspecified atom stereocenters. The summed E-state index contributed by atoms with van der Waals surface area (Å²) in [6.45, 7) is 0. The molecule has 1 N–H and O–H groups in total. The fraction of sp³-hybridized carbons (Fsp3) is 0.235. The Bertz CT molecular complexity index is 914. The van der Waals surface area contributed by atoms with Gasteiger partial charge in [0.25, 0.3) is 0 Å². The Morgan fingerprint density at radius 2 is 1.76 bits per heavy atom. The number of fused-ring (bicyclic) bond motifs is 1. The molecule has 7 nitrogen and oxygen atoms in total. The maximum Gasteiger partial charge on any atom is 0.223 e. The number of thiophene rings is 1. The van der Waals surface area contributed by atoms with Crippen LogP contribution in [0.1, 0.15) is 16.1 Å². The predicted octanol–water partition coefficient (Wildman–Crippen LogP) is 2.99. The smallest absolute Gasteiger partial charge is 0.223 e. The number of methoxy groups -OCH3 is 3. The fourth-order valence-electron chi connectivity index (χ4n) is 2.48. The molecular weight excluding hydrogens is 342 g/mol. The molecule has 0 aliphatic carbocycles. The van der Waals surface area contributed by atoms with Crippen LogP contribution in [0, 0.1) is 0 Å².